The molecule has 0 radical (unpaired) electrons. The van der Waals surface area contributed by atoms with E-state index in [4.69, 9.17) is 4.74 Å². The molecule has 37 heavy (non-hydrogen) atoms. The Labute approximate surface area is 209 Å². The van der Waals surface area contributed by atoms with Gasteiger partial charge in [-0.2, -0.15) is 26.3 Å². The minimum atomic E-state index is -5.81. The number of rotatable bonds is 5. The van der Waals surface area contributed by atoms with Gasteiger partial charge in [-0.1, -0.05) is 12.1 Å². The van der Waals surface area contributed by atoms with Crippen LogP contribution in [0, 0.1) is 6.92 Å². The maximum atomic E-state index is 12.8. The number of alkyl halides is 6. The molecule has 2 fully saturated rings. The second kappa shape index (κ2) is 10.8. The van der Waals surface area contributed by atoms with E-state index in [-0.39, 0.29) is 32.5 Å². The summed E-state index contributed by atoms with van der Waals surface area (Å²) in [6, 6.07) is 5.65. The second-order valence-corrected chi connectivity index (χ2v) is 9.43. The van der Waals surface area contributed by atoms with E-state index in [1.807, 2.05) is 25.1 Å². The maximum absolute atomic E-state index is 12.8. The van der Waals surface area contributed by atoms with Crippen LogP contribution in [0.15, 0.2) is 18.2 Å². The quantitative estimate of drug-likeness (QED) is 0.540. The number of anilines is 1. The molecule has 0 aromatic heterocycles. The molecule has 0 aliphatic carbocycles. The average molecular weight is 541 g/mol. The van der Waals surface area contributed by atoms with Gasteiger partial charge in [-0.15, -0.1) is 0 Å². The molecule has 2 aliphatic rings. The lowest BCUT2D eigenvalue weighted by Crippen LogP contribution is -2.57. The Bertz CT molecular complexity index is 959. The number of hydrogen-bond acceptors (Lipinski definition) is 5. The minimum Gasteiger partial charge on any atom is -0.465 e. The van der Waals surface area contributed by atoms with E-state index in [1.54, 1.807) is 6.92 Å². The fourth-order valence-corrected chi connectivity index (χ4v) is 4.50. The molecule has 3 rings (SSSR count). The molecule has 2 heterocycles. The fraction of sp³-hybridized carbons (Fsp3) is 0.652. The highest BCUT2D eigenvalue weighted by molar-refractivity contribution is 5.69. The van der Waals surface area contributed by atoms with Gasteiger partial charge in [-0.05, 0) is 43.9 Å². The van der Waals surface area contributed by atoms with Crippen molar-refractivity contribution in [2.24, 2.45) is 0 Å². The lowest BCUT2D eigenvalue weighted by molar-refractivity contribution is -0.308. The third kappa shape index (κ3) is 6.90. The van der Waals surface area contributed by atoms with Crippen molar-refractivity contribution >= 4 is 17.9 Å². The number of hydrogen-bond donors (Lipinski definition) is 1. The zero-order valence-corrected chi connectivity index (χ0v) is 20.4. The Morgan fingerprint density at radius 2 is 1.65 bits per heavy atom. The van der Waals surface area contributed by atoms with E-state index < -0.39 is 36.2 Å². The van der Waals surface area contributed by atoms with Crippen molar-refractivity contribution in [3.05, 3.63) is 29.3 Å². The molecular formula is C23H29F6N3O5. The zero-order valence-electron chi connectivity index (χ0n) is 20.4. The number of carbonyl (C=O) groups is 2. The summed E-state index contributed by atoms with van der Waals surface area (Å²) in [5, 5.41) is 10.0. The molecule has 1 aromatic carbocycles. The summed E-state index contributed by atoms with van der Waals surface area (Å²) < 4.78 is 85.7. The highest BCUT2D eigenvalue weighted by Crippen LogP contribution is 2.37. The first kappa shape index (κ1) is 28.7. The molecule has 0 spiro atoms. The highest BCUT2D eigenvalue weighted by Gasteiger charge is 2.60. The summed E-state index contributed by atoms with van der Waals surface area (Å²) in [5.41, 5.74) is 1.57. The molecule has 2 saturated heterocycles. The molecule has 14 heteroatoms. The van der Waals surface area contributed by atoms with Gasteiger partial charge >= 0.3 is 24.5 Å². The van der Waals surface area contributed by atoms with Gasteiger partial charge in [-0.25, -0.2) is 9.59 Å². The monoisotopic (exact) mass is 541 g/mol. The van der Waals surface area contributed by atoms with E-state index >= 15 is 0 Å². The molecule has 2 aliphatic heterocycles. The smallest absolute Gasteiger partial charge is 0.434 e. The van der Waals surface area contributed by atoms with Crippen molar-refractivity contribution in [3.8, 4) is 0 Å². The first-order valence-corrected chi connectivity index (χ1v) is 11.6. The van der Waals surface area contributed by atoms with Gasteiger partial charge in [0.2, 0.25) is 0 Å². The summed E-state index contributed by atoms with van der Waals surface area (Å²) >= 11 is 0. The van der Waals surface area contributed by atoms with Crippen molar-refractivity contribution in [2.75, 3.05) is 44.3 Å². The first-order valence-electron chi connectivity index (χ1n) is 11.6. The maximum Gasteiger partial charge on any atom is 0.434 e. The molecular weight excluding hydrogens is 512 g/mol. The van der Waals surface area contributed by atoms with Crippen LogP contribution >= 0.6 is 0 Å². The molecule has 0 saturated carbocycles. The van der Waals surface area contributed by atoms with Crippen molar-refractivity contribution in [3.63, 3.8) is 0 Å². The Hall–Kier alpha value is -2.90. The number of carboxylic acid groups (broad SMARTS) is 1. The highest BCUT2D eigenvalue weighted by atomic mass is 19.4. The zero-order chi connectivity index (χ0) is 27.6. The summed E-state index contributed by atoms with van der Waals surface area (Å²) in [4.78, 5) is 28.4. The molecule has 8 nitrogen and oxygen atoms in total. The minimum absolute atomic E-state index is 0.00412. The number of carbonyl (C=O) groups excluding carboxylic acids is 1. The van der Waals surface area contributed by atoms with Crippen LogP contribution in [0.25, 0.3) is 0 Å². The van der Waals surface area contributed by atoms with Gasteiger partial charge in [0.15, 0.2) is 0 Å². The Morgan fingerprint density at radius 1 is 1.08 bits per heavy atom. The molecule has 0 unspecified atom stereocenters. The average Bonchev–Trinajstić information content (AvgIpc) is 2.80. The van der Waals surface area contributed by atoms with Gasteiger partial charge in [0.25, 0.3) is 6.10 Å². The van der Waals surface area contributed by atoms with Crippen molar-refractivity contribution < 1.29 is 50.5 Å². The van der Waals surface area contributed by atoms with Gasteiger partial charge in [-0.3, -0.25) is 4.90 Å². The van der Waals surface area contributed by atoms with Crippen LogP contribution in [-0.2, 0) is 16.0 Å². The Kier molecular flexibility index (Phi) is 8.40. The third-order valence-corrected chi connectivity index (χ3v) is 6.72. The number of ether oxygens (including phenoxy) is 2. The lowest BCUT2D eigenvalue weighted by atomic mass is 9.87. The summed E-state index contributed by atoms with van der Waals surface area (Å²) in [5.74, 6) is 0. The van der Waals surface area contributed by atoms with E-state index in [0.717, 1.165) is 21.7 Å². The van der Waals surface area contributed by atoms with Crippen molar-refractivity contribution in [1.29, 1.82) is 0 Å². The standard InChI is InChI=1S/C23H29F6N3O5/c1-15-3-4-16(17(13-15)30-9-11-36-12-10-30)14-32(19(33)34)21(2)5-7-31(8-6-21)20(35)37-18(22(24,25)26)23(27,28)29/h3-4,13,18H,5-12,14H2,1-2H3,(H,33,34). The topological polar surface area (TPSA) is 82.6 Å². The number of amides is 2. The van der Waals surface area contributed by atoms with Crippen LogP contribution < -0.4 is 4.90 Å². The Balaban J connectivity index is 1.73. The van der Waals surface area contributed by atoms with Crippen molar-refractivity contribution in [2.45, 2.75) is 57.2 Å². The largest absolute Gasteiger partial charge is 0.465 e. The number of morpholine rings is 1. The molecule has 208 valence electrons. The van der Waals surface area contributed by atoms with E-state index in [2.05, 4.69) is 9.64 Å². The number of piperidine rings is 1. The number of aryl methyl sites for hydroxylation is 1. The molecule has 1 N–H and O–H groups in total. The summed E-state index contributed by atoms with van der Waals surface area (Å²) in [7, 11) is 0. The molecule has 0 atom stereocenters. The van der Waals surface area contributed by atoms with Crippen LogP contribution in [0.4, 0.5) is 41.6 Å². The fourth-order valence-electron chi connectivity index (χ4n) is 4.50. The number of halogens is 6. The number of benzene rings is 1. The van der Waals surface area contributed by atoms with Crippen LogP contribution in [-0.4, -0.2) is 90.5 Å². The lowest BCUT2D eigenvalue weighted by Gasteiger charge is -2.45. The van der Waals surface area contributed by atoms with E-state index in [0.29, 0.717) is 26.3 Å². The molecule has 2 amide bonds. The predicted molar refractivity (Wildman–Crippen MR) is 119 cm³/mol. The van der Waals surface area contributed by atoms with Gasteiger partial charge < -0.3 is 24.4 Å². The van der Waals surface area contributed by atoms with Crippen LogP contribution in [0.2, 0.25) is 0 Å². The number of likely N-dealkylation sites (tertiary alicyclic amines) is 1. The Morgan fingerprint density at radius 3 is 2.16 bits per heavy atom. The van der Waals surface area contributed by atoms with Crippen molar-refractivity contribution in [1.82, 2.24) is 9.80 Å². The van der Waals surface area contributed by atoms with Crippen LogP contribution in [0.3, 0.4) is 0 Å². The second-order valence-electron chi connectivity index (χ2n) is 9.43. The first-order chi connectivity index (χ1) is 17.1. The van der Waals surface area contributed by atoms with E-state index in [1.165, 1.54) is 4.90 Å². The molecule has 0 bridgehead atoms. The van der Waals surface area contributed by atoms with Gasteiger partial charge in [0.05, 0.1) is 19.8 Å². The SMILES string of the molecule is Cc1ccc(CN(C(=O)O)C2(C)CCN(C(=O)OC(C(F)(F)F)C(F)(F)F)CC2)c(N2CCOCC2)c1. The summed E-state index contributed by atoms with van der Waals surface area (Å²) in [6.45, 7) is 5.35. The van der Waals surface area contributed by atoms with Gasteiger partial charge in [0, 0.05) is 37.4 Å². The van der Waals surface area contributed by atoms with Crippen LogP contribution in [0.5, 0.6) is 0 Å². The third-order valence-electron chi connectivity index (χ3n) is 6.72. The number of nitrogens with zero attached hydrogens (tertiary/aromatic N) is 3. The summed E-state index contributed by atoms with van der Waals surface area (Å²) in [6.07, 6.45) is -18.9. The predicted octanol–water partition coefficient (Wildman–Crippen LogP) is 4.80. The van der Waals surface area contributed by atoms with E-state index in [9.17, 15) is 41.0 Å². The molecule has 1 aromatic rings. The normalized spacial score (nSPS) is 18.6. The van der Waals surface area contributed by atoms with Gasteiger partial charge in [0.1, 0.15) is 0 Å². The van der Waals surface area contributed by atoms with Crippen LogP contribution in [0.1, 0.15) is 30.9 Å².